The molecule has 0 aliphatic carbocycles. The van der Waals surface area contributed by atoms with Gasteiger partial charge < -0.3 is 5.11 Å². The van der Waals surface area contributed by atoms with Gasteiger partial charge in [0.2, 0.25) is 0 Å². The Morgan fingerprint density at radius 2 is 1.80 bits per heavy atom. The molecule has 0 saturated carbocycles. The molecule has 0 aromatic heterocycles. The molecule has 1 aromatic carbocycles. The van der Waals surface area contributed by atoms with E-state index in [4.69, 9.17) is 5.11 Å². The van der Waals surface area contributed by atoms with Crippen LogP contribution in [0.3, 0.4) is 0 Å². The Labute approximate surface area is 113 Å². The Balaban J connectivity index is 0. The summed E-state index contributed by atoms with van der Waals surface area (Å²) in [6, 6.07) is 9.05. The van der Waals surface area contributed by atoms with Gasteiger partial charge in [-0.15, -0.1) is 23.3 Å². The predicted molar refractivity (Wildman–Crippen MR) is 65.5 cm³/mol. The molecule has 15 heavy (non-hydrogen) atoms. The maximum atomic E-state index is 10.7. The van der Waals surface area contributed by atoms with Crippen molar-refractivity contribution >= 4 is 35.1 Å². The molecule has 80 valence electrons. The summed E-state index contributed by atoms with van der Waals surface area (Å²) in [4.78, 5) is 11.9. The minimum absolute atomic E-state index is 0. The van der Waals surface area contributed by atoms with Gasteiger partial charge in [-0.05, 0) is 19.1 Å². The van der Waals surface area contributed by atoms with Gasteiger partial charge in [-0.2, -0.15) is 0 Å². The van der Waals surface area contributed by atoms with E-state index in [2.05, 4.69) is 23.3 Å². The summed E-state index contributed by atoms with van der Waals surface area (Å²) in [6.45, 7) is 2.28. The summed E-state index contributed by atoms with van der Waals surface area (Å²) in [7, 11) is 0. The number of hydrogen-bond acceptors (Lipinski definition) is 3. The molecule has 1 amide bonds. The van der Waals surface area contributed by atoms with Crippen molar-refractivity contribution in [2.75, 3.05) is 11.4 Å². The van der Waals surface area contributed by atoms with Crippen LogP contribution < -0.4 is 4.90 Å². The van der Waals surface area contributed by atoms with Crippen LogP contribution in [0.1, 0.15) is 6.92 Å². The predicted octanol–water partition coefficient (Wildman–Crippen LogP) is 2.95. The first-order valence-electron chi connectivity index (χ1n) is 4.01. The van der Waals surface area contributed by atoms with Gasteiger partial charge in [-0.25, -0.2) is 4.79 Å². The first-order chi connectivity index (χ1) is 6.75. The third-order valence-corrected chi connectivity index (χ3v) is 1.61. The SMILES string of the molecule is CCN(C(=O)O)c1ccccc1.SS.[Zn]. The third kappa shape index (κ3) is 6.08. The maximum absolute atomic E-state index is 10.7. The zero-order valence-corrected chi connectivity index (χ0v) is 13.3. The van der Waals surface area contributed by atoms with E-state index in [9.17, 15) is 4.79 Å². The van der Waals surface area contributed by atoms with Crippen LogP contribution in [0.5, 0.6) is 0 Å². The number of para-hydroxylation sites is 1. The minimum atomic E-state index is -0.913. The zero-order chi connectivity index (χ0) is 11.0. The Hall–Kier alpha value is -0.187. The first kappa shape index (κ1) is 17.2. The topological polar surface area (TPSA) is 40.5 Å². The van der Waals surface area contributed by atoms with Crippen molar-refractivity contribution in [3.63, 3.8) is 0 Å². The van der Waals surface area contributed by atoms with Gasteiger partial charge in [0.15, 0.2) is 0 Å². The van der Waals surface area contributed by atoms with Gasteiger partial charge in [0.25, 0.3) is 0 Å². The summed E-state index contributed by atoms with van der Waals surface area (Å²) in [5.41, 5.74) is 0.715. The quantitative estimate of drug-likeness (QED) is 0.446. The van der Waals surface area contributed by atoms with Gasteiger partial charge in [0.1, 0.15) is 0 Å². The van der Waals surface area contributed by atoms with Crippen LogP contribution in [0, 0.1) is 0 Å². The van der Waals surface area contributed by atoms with Gasteiger partial charge in [-0.1, -0.05) is 18.2 Å². The molecule has 3 nitrogen and oxygen atoms in total. The van der Waals surface area contributed by atoms with E-state index in [1.807, 2.05) is 18.2 Å². The van der Waals surface area contributed by atoms with Crippen molar-refractivity contribution < 1.29 is 29.4 Å². The second kappa shape index (κ2) is 10.3. The van der Waals surface area contributed by atoms with E-state index < -0.39 is 6.09 Å². The number of hydrogen-bond donors (Lipinski definition) is 3. The molecule has 0 fully saturated rings. The van der Waals surface area contributed by atoms with Gasteiger partial charge in [0.05, 0.1) is 0 Å². The number of benzene rings is 1. The van der Waals surface area contributed by atoms with Gasteiger partial charge >= 0.3 is 6.09 Å². The largest absolute Gasteiger partial charge is 0.465 e. The van der Waals surface area contributed by atoms with Crippen molar-refractivity contribution in [1.82, 2.24) is 0 Å². The summed E-state index contributed by atoms with van der Waals surface area (Å²) in [5, 5.41) is 8.75. The van der Waals surface area contributed by atoms with Crippen LogP contribution >= 0.6 is 23.3 Å². The van der Waals surface area contributed by atoms with Gasteiger partial charge in [0, 0.05) is 31.7 Å². The van der Waals surface area contributed by atoms with Crippen LogP contribution in [0.4, 0.5) is 10.5 Å². The number of carbonyl (C=O) groups is 1. The molecule has 6 heteroatoms. The molecule has 0 unspecified atom stereocenters. The van der Waals surface area contributed by atoms with Gasteiger partial charge in [-0.3, -0.25) is 4.90 Å². The fraction of sp³-hybridized carbons (Fsp3) is 0.222. The Kier molecular flexibility index (Phi) is 11.9. The normalized spacial score (nSPS) is 7.93. The number of thiol groups is 2. The second-order valence-electron chi connectivity index (χ2n) is 2.36. The molecule has 0 atom stereocenters. The smallest absolute Gasteiger partial charge is 0.411 e. The summed E-state index contributed by atoms with van der Waals surface area (Å²) >= 11 is 6.44. The average molecular weight is 297 g/mol. The fourth-order valence-electron chi connectivity index (χ4n) is 1.04. The molecular weight excluding hydrogens is 284 g/mol. The molecule has 0 radical (unpaired) electrons. The standard InChI is InChI=1S/C9H11NO2.H2S2.Zn/c1-2-10(9(11)12)8-6-4-3-5-7-8;1-2;/h3-7H,2H2,1H3,(H,11,12);1-2H;. The molecule has 0 spiro atoms. The Bertz CT molecular complexity index is 272. The van der Waals surface area contributed by atoms with Crippen molar-refractivity contribution in [3.05, 3.63) is 30.3 Å². The van der Waals surface area contributed by atoms with E-state index >= 15 is 0 Å². The van der Waals surface area contributed by atoms with Crippen molar-refractivity contribution in [2.45, 2.75) is 6.92 Å². The van der Waals surface area contributed by atoms with Crippen LogP contribution in [-0.4, -0.2) is 17.7 Å². The average Bonchev–Trinajstić information content (AvgIpc) is 2.23. The number of rotatable bonds is 2. The van der Waals surface area contributed by atoms with Crippen molar-refractivity contribution in [1.29, 1.82) is 0 Å². The van der Waals surface area contributed by atoms with E-state index in [-0.39, 0.29) is 19.5 Å². The van der Waals surface area contributed by atoms with E-state index in [0.717, 1.165) is 0 Å². The monoisotopic (exact) mass is 295 g/mol. The molecule has 0 aliphatic heterocycles. The first-order valence-corrected chi connectivity index (χ1v) is 5.61. The summed E-state index contributed by atoms with van der Waals surface area (Å²) < 4.78 is 0. The molecule has 0 bridgehead atoms. The molecule has 1 N–H and O–H groups in total. The van der Waals surface area contributed by atoms with Crippen molar-refractivity contribution in [2.24, 2.45) is 0 Å². The molecule has 1 aromatic rings. The fourth-order valence-corrected chi connectivity index (χ4v) is 1.04. The zero-order valence-electron chi connectivity index (χ0n) is 8.50. The molecule has 0 saturated heterocycles. The summed E-state index contributed by atoms with van der Waals surface area (Å²) in [5.74, 6) is 0. The number of nitrogens with zero attached hydrogens (tertiary/aromatic N) is 1. The van der Waals surface area contributed by atoms with Crippen LogP contribution in [0.25, 0.3) is 0 Å². The summed E-state index contributed by atoms with van der Waals surface area (Å²) in [6.07, 6.45) is -0.913. The Morgan fingerprint density at radius 3 is 2.13 bits per heavy atom. The third-order valence-electron chi connectivity index (χ3n) is 1.61. The number of amides is 1. The minimum Gasteiger partial charge on any atom is -0.465 e. The molecular formula is C9H13NO2S2Zn. The van der Waals surface area contributed by atoms with E-state index in [1.54, 1.807) is 19.1 Å². The van der Waals surface area contributed by atoms with Crippen LogP contribution in [0.2, 0.25) is 0 Å². The van der Waals surface area contributed by atoms with E-state index in [0.29, 0.717) is 12.2 Å². The number of anilines is 1. The van der Waals surface area contributed by atoms with Crippen molar-refractivity contribution in [3.8, 4) is 0 Å². The molecule has 0 heterocycles. The van der Waals surface area contributed by atoms with E-state index in [1.165, 1.54) is 4.90 Å². The molecule has 1 rings (SSSR count). The van der Waals surface area contributed by atoms with Crippen LogP contribution in [0.15, 0.2) is 30.3 Å². The maximum Gasteiger partial charge on any atom is 0.411 e. The van der Waals surface area contributed by atoms with Crippen LogP contribution in [-0.2, 0) is 19.5 Å². The Morgan fingerprint density at radius 1 is 1.33 bits per heavy atom. The molecule has 0 aliphatic rings. The number of carboxylic acid groups (broad SMARTS) is 1. The second-order valence-corrected chi connectivity index (χ2v) is 2.36.